The summed E-state index contributed by atoms with van der Waals surface area (Å²) in [6.45, 7) is 3.84. The van der Waals surface area contributed by atoms with Gasteiger partial charge in [-0.1, -0.05) is 48.5 Å². The Labute approximate surface area is 160 Å². The van der Waals surface area contributed by atoms with Crippen LogP contribution in [0, 0.1) is 0 Å². The van der Waals surface area contributed by atoms with Crippen LogP contribution in [-0.4, -0.2) is 43.4 Å². The third-order valence-corrected chi connectivity index (χ3v) is 5.25. The van der Waals surface area contributed by atoms with Crippen molar-refractivity contribution >= 4 is 11.7 Å². The highest BCUT2D eigenvalue weighted by Crippen LogP contribution is 2.34. The summed E-state index contributed by atoms with van der Waals surface area (Å²) < 4.78 is 11.1. The van der Waals surface area contributed by atoms with Crippen LogP contribution >= 0.6 is 0 Å². The number of nitrogens with zero attached hydrogens (tertiary/aromatic N) is 1. The predicted octanol–water partition coefficient (Wildman–Crippen LogP) is 4.07. The van der Waals surface area contributed by atoms with Crippen molar-refractivity contribution in [1.29, 1.82) is 0 Å². The van der Waals surface area contributed by atoms with E-state index in [0.29, 0.717) is 26.3 Å². The minimum Gasteiger partial charge on any atom is -0.450 e. The lowest BCUT2D eigenvalue weighted by molar-refractivity contribution is -0.00422. The molecule has 140 valence electrons. The molecule has 4 rings (SSSR count). The number of fused-ring (bicyclic) bond motifs is 2. The molecule has 1 atom stereocenters. The number of hydrogen-bond acceptors (Lipinski definition) is 3. The Morgan fingerprint density at radius 2 is 1.74 bits per heavy atom. The van der Waals surface area contributed by atoms with Gasteiger partial charge in [0.2, 0.25) is 0 Å². The molecule has 1 unspecified atom stereocenters. The SMILES string of the molecule is CCOC(=O)N1CCOC(C=C2c3ccccc3CCc3ccccc32)C1. The Morgan fingerprint density at radius 3 is 2.37 bits per heavy atom. The molecule has 1 heterocycles. The first kappa shape index (κ1) is 17.8. The van der Waals surface area contributed by atoms with E-state index in [-0.39, 0.29) is 12.2 Å². The second-order valence-electron chi connectivity index (χ2n) is 6.95. The summed E-state index contributed by atoms with van der Waals surface area (Å²) in [5, 5.41) is 0. The van der Waals surface area contributed by atoms with Crippen LogP contribution in [0.1, 0.15) is 29.2 Å². The highest BCUT2D eigenvalue weighted by atomic mass is 16.6. The molecule has 0 saturated carbocycles. The van der Waals surface area contributed by atoms with Gasteiger partial charge in [0.15, 0.2) is 0 Å². The number of hydrogen-bond donors (Lipinski definition) is 0. The van der Waals surface area contributed by atoms with E-state index in [1.807, 2.05) is 6.92 Å². The van der Waals surface area contributed by atoms with Crippen molar-refractivity contribution in [2.24, 2.45) is 0 Å². The molecule has 0 aromatic heterocycles. The fraction of sp³-hybridized carbons (Fsp3) is 0.348. The molecule has 1 saturated heterocycles. The van der Waals surface area contributed by atoms with Crippen molar-refractivity contribution in [2.45, 2.75) is 25.9 Å². The molecular formula is C23H25NO3. The number of amides is 1. The Hall–Kier alpha value is -2.59. The summed E-state index contributed by atoms with van der Waals surface area (Å²) in [6, 6.07) is 17.2. The minimum absolute atomic E-state index is 0.141. The summed E-state index contributed by atoms with van der Waals surface area (Å²) in [5.74, 6) is 0. The average Bonchev–Trinajstić information content (AvgIpc) is 2.86. The first-order valence-electron chi connectivity index (χ1n) is 9.68. The van der Waals surface area contributed by atoms with E-state index in [0.717, 1.165) is 12.8 Å². The molecule has 2 aromatic carbocycles. The van der Waals surface area contributed by atoms with E-state index in [1.165, 1.54) is 27.8 Å². The van der Waals surface area contributed by atoms with E-state index in [1.54, 1.807) is 4.90 Å². The third kappa shape index (κ3) is 3.76. The van der Waals surface area contributed by atoms with Crippen LogP contribution < -0.4 is 0 Å². The smallest absolute Gasteiger partial charge is 0.409 e. The van der Waals surface area contributed by atoms with Crippen LogP contribution in [0.25, 0.3) is 5.57 Å². The second-order valence-corrected chi connectivity index (χ2v) is 6.95. The third-order valence-electron chi connectivity index (χ3n) is 5.25. The van der Waals surface area contributed by atoms with Crippen LogP contribution in [0.2, 0.25) is 0 Å². The summed E-state index contributed by atoms with van der Waals surface area (Å²) >= 11 is 0. The lowest BCUT2D eigenvalue weighted by Crippen LogP contribution is -2.45. The Kier molecular flexibility index (Phi) is 5.26. The first-order chi connectivity index (χ1) is 13.3. The van der Waals surface area contributed by atoms with Crippen molar-refractivity contribution in [3.63, 3.8) is 0 Å². The molecule has 1 fully saturated rings. The highest BCUT2D eigenvalue weighted by Gasteiger charge is 2.26. The number of morpholine rings is 1. The number of aryl methyl sites for hydroxylation is 2. The fourth-order valence-electron chi connectivity index (χ4n) is 3.94. The normalized spacial score (nSPS) is 18.9. The monoisotopic (exact) mass is 363 g/mol. The van der Waals surface area contributed by atoms with E-state index >= 15 is 0 Å². The van der Waals surface area contributed by atoms with Crippen LogP contribution in [-0.2, 0) is 22.3 Å². The second kappa shape index (κ2) is 7.97. The van der Waals surface area contributed by atoms with Gasteiger partial charge in [-0.25, -0.2) is 4.79 Å². The summed E-state index contributed by atoms with van der Waals surface area (Å²) in [4.78, 5) is 13.9. The fourth-order valence-corrected chi connectivity index (χ4v) is 3.94. The Morgan fingerprint density at radius 1 is 1.11 bits per heavy atom. The zero-order chi connectivity index (χ0) is 18.6. The molecule has 1 amide bonds. The molecule has 2 aromatic rings. The molecule has 0 N–H and O–H groups in total. The number of benzene rings is 2. The van der Waals surface area contributed by atoms with Gasteiger partial charge in [0.1, 0.15) is 0 Å². The van der Waals surface area contributed by atoms with E-state index < -0.39 is 0 Å². The molecule has 27 heavy (non-hydrogen) atoms. The Balaban J connectivity index is 1.70. The largest absolute Gasteiger partial charge is 0.450 e. The molecule has 4 nitrogen and oxygen atoms in total. The zero-order valence-corrected chi connectivity index (χ0v) is 15.7. The molecule has 0 spiro atoms. The van der Waals surface area contributed by atoms with Crippen molar-refractivity contribution in [2.75, 3.05) is 26.3 Å². The van der Waals surface area contributed by atoms with Gasteiger partial charge in [-0.2, -0.15) is 0 Å². The zero-order valence-electron chi connectivity index (χ0n) is 15.7. The van der Waals surface area contributed by atoms with Crippen molar-refractivity contribution in [3.8, 4) is 0 Å². The van der Waals surface area contributed by atoms with E-state index in [2.05, 4.69) is 54.6 Å². The molecule has 2 aliphatic rings. The summed E-state index contributed by atoms with van der Waals surface area (Å²) in [7, 11) is 0. The number of rotatable bonds is 2. The minimum atomic E-state index is -0.258. The average molecular weight is 363 g/mol. The molecule has 1 aliphatic carbocycles. The van der Waals surface area contributed by atoms with E-state index in [9.17, 15) is 4.79 Å². The Bertz CT molecular complexity index is 809. The van der Waals surface area contributed by atoms with Gasteiger partial charge in [0.05, 0.1) is 25.9 Å². The summed E-state index contributed by atoms with van der Waals surface area (Å²) in [6.07, 6.45) is 3.85. The quantitative estimate of drug-likeness (QED) is 0.807. The van der Waals surface area contributed by atoms with Crippen molar-refractivity contribution < 1.29 is 14.3 Å². The van der Waals surface area contributed by atoms with Gasteiger partial charge >= 0.3 is 6.09 Å². The molecule has 4 heteroatoms. The number of ether oxygens (including phenoxy) is 2. The first-order valence-corrected chi connectivity index (χ1v) is 9.68. The molecule has 1 aliphatic heterocycles. The van der Waals surface area contributed by atoms with E-state index in [4.69, 9.17) is 9.47 Å². The maximum atomic E-state index is 12.1. The van der Waals surface area contributed by atoms with Gasteiger partial charge in [-0.15, -0.1) is 0 Å². The maximum Gasteiger partial charge on any atom is 0.409 e. The van der Waals surface area contributed by atoms with Gasteiger partial charge in [-0.3, -0.25) is 0 Å². The van der Waals surface area contributed by atoms with Crippen molar-refractivity contribution in [1.82, 2.24) is 4.90 Å². The maximum absolute atomic E-state index is 12.1. The van der Waals surface area contributed by atoms with Crippen LogP contribution in [0.5, 0.6) is 0 Å². The molecular weight excluding hydrogens is 338 g/mol. The van der Waals surface area contributed by atoms with Crippen LogP contribution in [0.3, 0.4) is 0 Å². The van der Waals surface area contributed by atoms with Gasteiger partial charge in [0, 0.05) is 6.54 Å². The van der Waals surface area contributed by atoms with Crippen LogP contribution in [0.4, 0.5) is 4.79 Å². The lowest BCUT2D eigenvalue weighted by atomic mass is 9.92. The topological polar surface area (TPSA) is 38.8 Å². The predicted molar refractivity (Wildman–Crippen MR) is 106 cm³/mol. The number of carbonyl (C=O) groups is 1. The van der Waals surface area contributed by atoms with Gasteiger partial charge < -0.3 is 14.4 Å². The standard InChI is InChI=1S/C23H25NO3/c1-2-26-23(25)24-13-14-27-19(16-24)15-22-20-9-5-3-7-17(20)11-12-18-8-4-6-10-21(18)22/h3-10,15,19H,2,11-14,16H2,1H3. The van der Waals surface area contributed by atoms with Gasteiger partial charge in [0.25, 0.3) is 0 Å². The molecule has 0 bridgehead atoms. The van der Waals surface area contributed by atoms with Crippen molar-refractivity contribution in [3.05, 3.63) is 76.9 Å². The van der Waals surface area contributed by atoms with Crippen LogP contribution in [0.15, 0.2) is 54.6 Å². The summed E-state index contributed by atoms with van der Waals surface area (Å²) in [5.41, 5.74) is 6.45. The number of carbonyl (C=O) groups excluding carboxylic acids is 1. The highest BCUT2D eigenvalue weighted by molar-refractivity contribution is 5.84. The van der Waals surface area contributed by atoms with Gasteiger partial charge in [-0.05, 0) is 53.7 Å². The lowest BCUT2D eigenvalue weighted by Gasteiger charge is -2.31. The molecule has 0 radical (unpaired) electrons.